The van der Waals surface area contributed by atoms with Gasteiger partial charge in [-0.25, -0.2) is 0 Å². The van der Waals surface area contributed by atoms with Gasteiger partial charge in [0.25, 0.3) is 0 Å². The highest BCUT2D eigenvalue weighted by atomic mass is 16.3. The Bertz CT molecular complexity index is 362. The Balaban J connectivity index is 2.24. The lowest BCUT2D eigenvalue weighted by atomic mass is 9.98. The van der Waals surface area contributed by atoms with Gasteiger partial charge < -0.3 is 10.0 Å². The summed E-state index contributed by atoms with van der Waals surface area (Å²) in [5, 5.41) is 9.41. The van der Waals surface area contributed by atoms with E-state index in [9.17, 15) is 5.11 Å². The molecule has 2 heteroatoms. The lowest BCUT2D eigenvalue weighted by molar-refractivity contribution is 0.281. The Morgan fingerprint density at radius 2 is 2.25 bits per heavy atom. The second kappa shape index (κ2) is 4.88. The second-order valence-corrected chi connectivity index (χ2v) is 4.98. The number of aliphatic hydroxyl groups is 1. The summed E-state index contributed by atoms with van der Waals surface area (Å²) >= 11 is 0. The Hall–Kier alpha value is -1.02. The minimum absolute atomic E-state index is 0.141. The van der Waals surface area contributed by atoms with E-state index in [1.165, 1.54) is 24.1 Å². The highest BCUT2D eigenvalue weighted by Gasteiger charge is 2.18. The zero-order valence-electron chi connectivity index (χ0n) is 10.2. The number of benzene rings is 1. The Morgan fingerprint density at radius 3 is 2.94 bits per heavy atom. The number of hydrogen-bond acceptors (Lipinski definition) is 2. The largest absolute Gasteiger partial charge is 0.392 e. The van der Waals surface area contributed by atoms with Crippen LogP contribution in [0.15, 0.2) is 18.2 Å². The lowest BCUT2D eigenvalue weighted by Crippen LogP contribution is -2.34. The third-order valence-electron chi connectivity index (χ3n) is 3.40. The van der Waals surface area contributed by atoms with Gasteiger partial charge in [-0.3, -0.25) is 0 Å². The number of aliphatic hydroxyl groups excluding tert-OH is 1. The Morgan fingerprint density at radius 1 is 1.44 bits per heavy atom. The fourth-order valence-electron chi connectivity index (χ4n) is 2.56. The zero-order valence-corrected chi connectivity index (χ0v) is 10.2. The van der Waals surface area contributed by atoms with Crippen molar-refractivity contribution in [3.63, 3.8) is 0 Å². The third-order valence-corrected chi connectivity index (χ3v) is 3.40. The first kappa shape index (κ1) is 11.5. The molecule has 1 heterocycles. The molecule has 1 aliphatic heterocycles. The molecule has 0 radical (unpaired) electrons. The molecule has 1 atom stereocenters. The van der Waals surface area contributed by atoms with Gasteiger partial charge in [0.2, 0.25) is 0 Å². The summed E-state index contributed by atoms with van der Waals surface area (Å²) < 4.78 is 0. The van der Waals surface area contributed by atoms with Crippen molar-refractivity contribution < 1.29 is 5.11 Å². The molecule has 1 saturated heterocycles. The summed E-state index contributed by atoms with van der Waals surface area (Å²) in [5.74, 6) is 0.765. The summed E-state index contributed by atoms with van der Waals surface area (Å²) in [6.45, 7) is 6.76. The maximum Gasteiger partial charge on any atom is 0.0702 e. The number of rotatable bonds is 2. The predicted molar refractivity (Wildman–Crippen MR) is 67.7 cm³/mol. The van der Waals surface area contributed by atoms with Crippen LogP contribution in [0.2, 0.25) is 0 Å². The molecular weight excluding hydrogens is 198 g/mol. The van der Waals surface area contributed by atoms with Crippen LogP contribution in [0.1, 0.15) is 30.9 Å². The van der Waals surface area contributed by atoms with Gasteiger partial charge in [-0.1, -0.05) is 24.6 Å². The minimum atomic E-state index is 0.141. The van der Waals surface area contributed by atoms with Crippen LogP contribution in [-0.4, -0.2) is 18.2 Å². The van der Waals surface area contributed by atoms with Crippen LogP contribution in [0.25, 0.3) is 0 Å². The standard InChI is InChI=1S/C14H21NO/c1-11-5-6-14(13(8-11)10-16)15-7-3-4-12(2)9-15/h5-6,8,12,16H,3-4,7,9-10H2,1-2H3. The number of nitrogens with zero attached hydrogens (tertiary/aromatic N) is 1. The van der Waals surface area contributed by atoms with Crippen LogP contribution in [0.3, 0.4) is 0 Å². The van der Waals surface area contributed by atoms with Crippen molar-refractivity contribution in [1.82, 2.24) is 0 Å². The van der Waals surface area contributed by atoms with Crippen LogP contribution in [0.4, 0.5) is 5.69 Å². The number of piperidine rings is 1. The van der Waals surface area contributed by atoms with E-state index >= 15 is 0 Å². The van der Waals surface area contributed by atoms with Crippen molar-refractivity contribution in [1.29, 1.82) is 0 Å². The van der Waals surface area contributed by atoms with Crippen molar-refractivity contribution >= 4 is 5.69 Å². The normalized spacial score (nSPS) is 21.2. The van der Waals surface area contributed by atoms with Crippen molar-refractivity contribution in [3.05, 3.63) is 29.3 Å². The van der Waals surface area contributed by atoms with E-state index in [1.807, 2.05) is 0 Å². The van der Waals surface area contributed by atoms with E-state index in [4.69, 9.17) is 0 Å². The average Bonchev–Trinajstić information content (AvgIpc) is 2.28. The molecule has 1 aliphatic rings. The highest BCUT2D eigenvalue weighted by molar-refractivity contribution is 5.55. The van der Waals surface area contributed by atoms with Crippen LogP contribution in [-0.2, 0) is 6.61 Å². The molecule has 1 aromatic carbocycles. The van der Waals surface area contributed by atoms with E-state index in [2.05, 4.69) is 36.9 Å². The molecule has 0 bridgehead atoms. The Labute approximate surface area is 97.9 Å². The minimum Gasteiger partial charge on any atom is -0.392 e. The SMILES string of the molecule is Cc1ccc(N2CCCC(C)C2)c(CO)c1. The number of anilines is 1. The quantitative estimate of drug-likeness (QED) is 0.826. The van der Waals surface area contributed by atoms with Crippen LogP contribution < -0.4 is 4.90 Å². The van der Waals surface area contributed by atoms with Crippen molar-refractivity contribution in [2.75, 3.05) is 18.0 Å². The van der Waals surface area contributed by atoms with Gasteiger partial charge in [0.05, 0.1) is 6.61 Å². The molecule has 1 fully saturated rings. The van der Waals surface area contributed by atoms with E-state index in [-0.39, 0.29) is 6.61 Å². The lowest BCUT2D eigenvalue weighted by Gasteiger charge is -2.34. The summed E-state index contributed by atoms with van der Waals surface area (Å²) in [4.78, 5) is 2.42. The first-order valence-corrected chi connectivity index (χ1v) is 6.16. The molecule has 0 spiro atoms. The topological polar surface area (TPSA) is 23.5 Å². The molecule has 0 saturated carbocycles. The van der Waals surface area contributed by atoms with Crippen LogP contribution in [0.5, 0.6) is 0 Å². The number of aryl methyl sites for hydroxylation is 1. The monoisotopic (exact) mass is 219 g/mol. The number of hydrogen-bond donors (Lipinski definition) is 1. The summed E-state index contributed by atoms with van der Waals surface area (Å²) in [5.41, 5.74) is 3.51. The van der Waals surface area contributed by atoms with E-state index in [0.717, 1.165) is 24.6 Å². The molecule has 2 nitrogen and oxygen atoms in total. The highest BCUT2D eigenvalue weighted by Crippen LogP contribution is 2.27. The van der Waals surface area contributed by atoms with Gasteiger partial charge >= 0.3 is 0 Å². The molecule has 0 aromatic heterocycles. The van der Waals surface area contributed by atoms with Gasteiger partial charge in [-0.2, -0.15) is 0 Å². The molecule has 88 valence electrons. The summed E-state index contributed by atoms with van der Waals surface area (Å²) in [6, 6.07) is 6.38. The fourth-order valence-corrected chi connectivity index (χ4v) is 2.56. The Kier molecular flexibility index (Phi) is 3.49. The van der Waals surface area contributed by atoms with E-state index in [1.54, 1.807) is 0 Å². The molecule has 1 unspecified atom stereocenters. The van der Waals surface area contributed by atoms with Gasteiger partial charge in [-0.15, -0.1) is 0 Å². The summed E-state index contributed by atoms with van der Waals surface area (Å²) in [7, 11) is 0. The molecule has 1 aromatic rings. The van der Waals surface area contributed by atoms with Gasteiger partial charge in [0.15, 0.2) is 0 Å². The van der Waals surface area contributed by atoms with Crippen LogP contribution in [0, 0.1) is 12.8 Å². The maximum atomic E-state index is 9.41. The van der Waals surface area contributed by atoms with E-state index in [0.29, 0.717) is 0 Å². The smallest absolute Gasteiger partial charge is 0.0702 e. The first-order chi connectivity index (χ1) is 7.70. The molecule has 2 rings (SSSR count). The average molecular weight is 219 g/mol. The predicted octanol–water partition coefficient (Wildman–Crippen LogP) is 2.72. The summed E-state index contributed by atoms with van der Waals surface area (Å²) in [6.07, 6.45) is 2.59. The van der Waals surface area contributed by atoms with Crippen molar-refractivity contribution in [2.24, 2.45) is 5.92 Å². The third kappa shape index (κ3) is 2.38. The fraction of sp³-hybridized carbons (Fsp3) is 0.571. The molecule has 0 aliphatic carbocycles. The maximum absolute atomic E-state index is 9.41. The molecule has 16 heavy (non-hydrogen) atoms. The molecule has 0 amide bonds. The second-order valence-electron chi connectivity index (χ2n) is 4.98. The van der Waals surface area contributed by atoms with Crippen molar-refractivity contribution in [3.8, 4) is 0 Å². The van der Waals surface area contributed by atoms with Crippen molar-refractivity contribution in [2.45, 2.75) is 33.3 Å². The zero-order chi connectivity index (χ0) is 11.5. The van der Waals surface area contributed by atoms with Gasteiger partial charge in [-0.05, 0) is 31.7 Å². The molecular formula is C14H21NO. The van der Waals surface area contributed by atoms with Crippen LogP contribution >= 0.6 is 0 Å². The van der Waals surface area contributed by atoms with Gasteiger partial charge in [0.1, 0.15) is 0 Å². The molecule has 1 N–H and O–H groups in total. The first-order valence-electron chi connectivity index (χ1n) is 6.16. The van der Waals surface area contributed by atoms with E-state index < -0.39 is 0 Å². The van der Waals surface area contributed by atoms with Gasteiger partial charge in [0, 0.05) is 24.3 Å².